The van der Waals surface area contributed by atoms with Crippen LogP contribution in [-0.2, 0) is 14.4 Å². The van der Waals surface area contributed by atoms with Gasteiger partial charge in [0.2, 0.25) is 0 Å². The van der Waals surface area contributed by atoms with Crippen LogP contribution in [0.2, 0.25) is 0 Å². The fourth-order valence-electron chi connectivity index (χ4n) is 1.39. The third-order valence-corrected chi connectivity index (χ3v) is 2.91. The fourth-order valence-corrected chi connectivity index (χ4v) is 1.39. The highest BCUT2D eigenvalue weighted by molar-refractivity contribution is 5.98. The van der Waals surface area contributed by atoms with Gasteiger partial charge in [0, 0.05) is 12.8 Å². The van der Waals surface area contributed by atoms with Crippen molar-refractivity contribution in [3.63, 3.8) is 0 Å². The minimum atomic E-state index is -1.86. The molecule has 0 unspecified atom stereocenters. The van der Waals surface area contributed by atoms with Gasteiger partial charge in [-0.2, -0.15) is 0 Å². The van der Waals surface area contributed by atoms with E-state index in [1.807, 2.05) is 6.92 Å². The van der Waals surface area contributed by atoms with Gasteiger partial charge in [-0.3, -0.25) is 14.4 Å². The molecule has 0 aliphatic carbocycles. The number of rotatable bonds is 9. The van der Waals surface area contributed by atoms with Crippen molar-refractivity contribution in [3.8, 4) is 0 Å². The van der Waals surface area contributed by atoms with Crippen molar-refractivity contribution in [3.05, 3.63) is 0 Å². The van der Waals surface area contributed by atoms with Crippen LogP contribution in [-0.4, -0.2) is 27.9 Å². The number of carbonyl (C=O) groups is 3. The van der Waals surface area contributed by atoms with E-state index in [1.54, 1.807) is 0 Å². The van der Waals surface area contributed by atoms with E-state index in [1.165, 1.54) is 0 Å². The molecule has 0 bridgehead atoms. The Morgan fingerprint density at radius 2 is 1.53 bits per heavy atom. The summed E-state index contributed by atoms with van der Waals surface area (Å²) in [4.78, 5) is 33.1. The number of unbranched alkanes of at least 4 members (excludes halogenated alkanes) is 2. The molecule has 0 amide bonds. The van der Waals surface area contributed by atoms with Crippen LogP contribution < -0.4 is 0 Å². The molecule has 0 saturated heterocycles. The Morgan fingerprint density at radius 3 is 1.94 bits per heavy atom. The molecule has 0 aliphatic rings. The number of hydrogen-bond donors (Lipinski definition) is 2. The molecule has 0 rings (SSSR count). The highest BCUT2D eigenvalue weighted by Gasteiger charge is 2.41. The summed E-state index contributed by atoms with van der Waals surface area (Å²) < 4.78 is 0. The lowest BCUT2D eigenvalue weighted by Gasteiger charge is -2.18. The number of carboxylic acid groups (broad SMARTS) is 2. The van der Waals surface area contributed by atoms with Gasteiger partial charge in [-0.15, -0.1) is 0 Å². The predicted octanol–water partition coefficient (Wildman–Crippen LogP) is 2.09. The van der Waals surface area contributed by atoms with Crippen LogP contribution in [0, 0.1) is 5.41 Å². The summed E-state index contributed by atoms with van der Waals surface area (Å²) in [5.74, 6) is -2.86. The molecular weight excluding hydrogens is 224 g/mol. The van der Waals surface area contributed by atoms with Crippen molar-refractivity contribution in [2.45, 2.75) is 52.4 Å². The van der Waals surface area contributed by atoms with Gasteiger partial charge in [0.1, 0.15) is 5.78 Å². The van der Waals surface area contributed by atoms with Crippen LogP contribution in [0.4, 0.5) is 0 Å². The molecule has 17 heavy (non-hydrogen) atoms. The molecule has 0 aromatic carbocycles. The molecule has 2 N–H and O–H groups in total. The topological polar surface area (TPSA) is 91.7 Å². The van der Waals surface area contributed by atoms with Gasteiger partial charge in [0.05, 0.1) is 0 Å². The maximum Gasteiger partial charge on any atom is 0.320 e. The van der Waals surface area contributed by atoms with Crippen molar-refractivity contribution >= 4 is 17.7 Å². The minimum Gasteiger partial charge on any atom is -0.480 e. The highest BCUT2D eigenvalue weighted by Crippen LogP contribution is 2.24. The molecule has 0 aromatic rings. The minimum absolute atomic E-state index is 0.0127. The van der Waals surface area contributed by atoms with E-state index in [4.69, 9.17) is 10.2 Å². The van der Waals surface area contributed by atoms with E-state index >= 15 is 0 Å². The molecular formula is C12H20O5. The fraction of sp³-hybridized carbons (Fsp3) is 0.750. The number of hydrogen-bond acceptors (Lipinski definition) is 3. The molecule has 0 radical (unpaired) electrons. The Kier molecular flexibility index (Phi) is 6.46. The molecule has 98 valence electrons. The first-order chi connectivity index (χ1) is 7.84. The standard InChI is InChI=1S/C12H20O5/c1-3-4-5-6-9(13)7-8-12(2,10(14)15)11(16)17/h3-8H2,1-2H3,(H,14,15)(H,16,17). The largest absolute Gasteiger partial charge is 0.480 e. The highest BCUT2D eigenvalue weighted by atomic mass is 16.4. The van der Waals surface area contributed by atoms with Crippen LogP contribution in [0.3, 0.4) is 0 Å². The molecule has 0 saturated carbocycles. The monoisotopic (exact) mass is 244 g/mol. The third-order valence-electron chi connectivity index (χ3n) is 2.91. The van der Waals surface area contributed by atoms with Gasteiger partial charge in [-0.1, -0.05) is 19.8 Å². The van der Waals surface area contributed by atoms with Crippen LogP contribution >= 0.6 is 0 Å². The number of carboxylic acids is 2. The quantitative estimate of drug-likeness (QED) is 0.478. The summed E-state index contributed by atoms with van der Waals surface area (Å²) in [6, 6.07) is 0. The molecule has 0 aliphatic heterocycles. The lowest BCUT2D eigenvalue weighted by atomic mass is 9.84. The van der Waals surface area contributed by atoms with Crippen LogP contribution in [0.1, 0.15) is 52.4 Å². The molecule has 5 heteroatoms. The third kappa shape index (κ3) is 4.97. The summed E-state index contributed by atoms with van der Waals surface area (Å²) in [6.45, 7) is 3.16. The zero-order valence-corrected chi connectivity index (χ0v) is 10.4. The molecule has 0 atom stereocenters. The number of carbonyl (C=O) groups excluding carboxylic acids is 1. The number of aliphatic carboxylic acids is 2. The maximum absolute atomic E-state index is 11.4. The van der Waals surface area contributed by atoms with E-state index < -0.39 is 17.4 Å². The van der Waals surface area contributed by atoms with Crippen LogP contribution in [0.25, 0.3) is 0 Å². The van der Waals surface area contributed by atoms with Crippen LogP contribution in [0.15, 0.2) is 0 Å². The Bertz CT molecular complexity index is 281. The van der Waals surface area contributed by atoms with Gasteiger partial charge in [-0.05, 0) is 19.8 Å². The Hall–Kier alpha value is -1.39. The lowest BCUT2D eigenvalue weighted by molar-refractivity contribution is -0.163. The smallest absolute Gasteiger partial charge is 0.320 e. The van der Waals surface area contributed by atoms with Gasteiger partial charge in [0.15, 0.2) is 5.41 Å². The zero-order chi connectivity index (χ0) is 13.5. The van der Waals surface area contributed by atoms with Crippen LogP contribution in [0.5, 0.6) is 0 Å². The van der Waals surface area contributed by atoms with Crippen molar-refractivity contribution < 1.29 is 24.6 Å². The number of ketones is 1. The normalized spacial score (nSPS) is 11.2. The maximum atomic E-state index is 11.4. The first-order valence-corrected chi connectivity index (χ1v) is 5.83. The van der Waals surface area contributed by atoms with E-state index in [9.17, 15) is 14.4 Å². The second-order valence-corrected chi connectivity index (χ2v) is 4.44. The molecule has 5 nitrogen and oxygen atoms in total. The Balaban J connectivity index is 4.19. The van der Waals surface area contributed by atoms with E-state index in [0.29, 0.717) is 6.42 Å². The first kappa shape index (κ1) is 15.6. The lowest BCUT2D eigenvalue weighted by Crippen LogP contribution is -2.36. The average Bonchev–Trinajstić information content (AvgIpc) is 2.25. The van der Waals surface area contributed by atoms with Gasteiger partial charge in [0.25, 0.3) is 0 Å². The van der Waals surface area contributed by atoms with Gasteiger partial charge >= 0.3 is 11.9 Å². The summed E-state index contributed by atoms with van der Waals surface area (Å²) >= 11 is 0. The Morgan fingerprint density at radius 1 is 1.00 bits per heavy atom. The van der Waals surface area contributed by atoms with E-state index in [-0.39, 0.29) is 18.6 Å². The molecule has 0 aromatic heterocycles. The first-order valence-electron chi connectivity index (χ1n) is 5.83. The van der Waals surface area contributed by atoms with Crippen molar-refractivity contribution in [1.29, 1.82) is 0 Å². The summed E-state index contributed by atoms with van der Waals surface area (Å²) in [5, 5.41) is 17.7. The second kappa shape index (κ2) is 7.04. The van der Waals surface area contributed by atoms with Gasteiger partial charge < -0.3 is 10.2 Å². The second-order valence-electron chi connectivity index (χ2n) is 4.44. The molecule has 0 spiro atoms. The number of Topliss-reactive ketones (excluding diaryl/α,β-unsaturated/α-hetero) is 1. The van der Waals surface area contributed by atoms with Crippen molar-refractivity contribution in [2.75, 3.05) is 0 Å². The molecule has 0 heterocycles. The molecule has 0 fully saturated rings. The predicted molar refractivity (Wildman–Crippen MR) is 61.8 cm³/mol. The summed E-state index contributed by atoms with van der Waals surface area (Å²) in [7, 11) is 0. The van der Waals surface area contributed by atoms with Gasteiger partial charge in [-0.25, -0.2) is 0 Å². The SMILES string of the molecule is CCCCCC(=O)CCC(C)(C(=O)O)C(=O)O. The average molecular weight is 244 g/mol. The van der Waals surface area contributed by atoms with E-state index in [2.05, 4.69) is 0 Å². The van der Waals surface area contributed by atoms with Crippen molar-refractivity contribution in [2.24, 2.45) is 5.41 Å². The Labute approximate surface area is 101 Å². The zero-order valence-electron chi connectivity index (χ0n) is 10.4. The van der Waals surface area contributed by atoms with E-state index in [0.717, 1.165) is 26.2 Å². The summed E-state index contributed by atoms with van der Waals surface area (Å²) in [5.41, 5.74) is -1.86. The summed E-state index contributed by atoms with van der Waals surface area (Å²) in [6.07, 6.45) is 3.02. The van der Waals surface area contributed by atoms with Crippen molar-refractivity contribution in [1.82, 2.24) is 0 Å².